The first-order valence-corrected chi connectivity index (χ1v) is 7.64. The average Bonchev–Trinajstić information content (AvgIpc) is 3.22. The van der Waals surface area contributed by atoms with E-state index in [2.05, 4.69) is 25.8 Å². The number of nitrogens with one attached hydrogen (secondary N) is 3. The van der Waals surface area contributed by atoms with Gasteiger partial charge >= 0.3 is 11.8 Å². The van der Waals surface area contributed by atoms with E-state index in [1.165, 1.54) is 6.26 Å². The molecule has 0 radical (unpaired) electrons. The van der Waals surface area contributed by atoms with E-state index in [1.807, 2.05) is 19.9 Å². The first kappa shape index (κ1) is 16.4. The standard InChI is InChI=1S/C17H17N5O3/c1-10-6-11(2)8-12(7-10)19-17(24)16(23)18-9-14-20-15(22-21-14)13-4-3-5-25-13/h3-8H,9H2,1-2H3,(H,18,23)(H,19,24)(H,20,21,22). The number of aromatic nitrogens is 3. The lowest BCUT2D eigenvalue weighted by molar-refractivity contribution is -0.136. The zero-order valence-corrected chi connectivity index (χ0v) is 13.8. The molecule has 0 bridgehead atoms. The highest BCUT2D eigenvalue weighted by molar-refractivity contribution is 6.39. The van der Waals surface area contributed by atoms with Gasteiger partial charge in [0, 0.05) is 5.69 Å². The molecule has 8 nitrogen and oxygen atoms in total. The normalized spacial score (nSPS) is 10.5. The molecule has 3 aromatic rings. The number of hydrogen-bond acceptors (Lipinski definition) is 5. The van der Waals surface area contributed by atoms with Crippen molar-refractivity contribution in [2.24, 2.45) is 0 Å². The van der Waals surface area contributed by atoms with Crippen LogP contribution in [0.3, 0.4) is 0 Å². The second kappa shape index (κ2) is 7.00. The predicted octanol–water partition coefficient (Wildman–Crippen LogP) is 1.94. The number of aromatic amines is 1. The van der Waals surface area contributed by atoms with E-state index in [0.29, 0.717) is 23.1 Å². The highest BCUT2D eigenvalue weighted by atomic mass is 16.3. The Hall–Kier alpha value is -3.42. The van der Waals surface area contributed by atoms with E-state index in [4.69, 9.17) is 4.42 Å². The van der Waals surface area contributed by atoms with Crippen LogP contribution in [0, 0.1) is 13.8 Å². The summed E-state index contributed by atoms with van der Waals surface area (Å²) in [5.41, 5.74) is 2.59. The van der Waals surface area contributed by atoms with Gasteiger partial charge in [-0.2, -0.15) is 0 Å². The molecule has 8 heteroatoms. The molecule has 0 spiro atoms. The molecule has 0 fully saturated rings. The van der Waals surface area contributed by atoms with Gasteiger partial charge < -0.3 is 15.1 Å². The first-order valence-electron chi connectivity index (χ1n) is 7.64. The van der Waals surface area contributed by atoms with Crippen molar-refractivity contribution in [1.82, 2.24) is 20.5 Å². The van der Waals surface area contributed by atoms with Crippen LogP contribution in [0.15, 0.2) is 41.0 Å². The van der Waals surface area contributed by atoms with Gasteiger partial charge in [-0.25, -0.2) is 4.98 Å². The molecular formula is C17H17N5O3. The Morgan fingerprint density at radius 3 is 2.60 bits per heavy atom. The summed E-state index contributed by atoms with van der Waals surface area (Å²) in [4.78, 5) is 28.1. The maximum atomic E-state index is 12.0. The summed E-state index contributed by atoms with van der Waals surface area (Å²) in [5, 5.41) is 11.7. The summed E-state index contributed by atoms with van der Waals surface area (Å²) in [5.74, 6) is -0.180. The van der Waals surface area contributed by atoms with Crippen molar-refractivity contribution in [3.63, 3.8) is 0 Å². The fraction of sp³-hybridized carbons (Fsp3) is 0.176. The Bertz CT molecular complexity index is 879. The van der Waals surface area contributed by atoms with Crippen LogP contribution in [0.5, 0.6) is 0 Å². The summed E-state index contributed by atoms with van der Waals surface area (Å²) in [7, 11) is 0. The Labute approximate surface area is 143 Å². The highest BCUT2D eigenvalue weighted by Crippen LogP contribution is 2.15. The van der Waals surface area contributed by atoms with Gasteiger partial charge in [-0.15, -0.1) is 5.10 Å². The second-order valence-corrected chi connectivity index (χ2v) is 5.60. The molecule has 3 rings (SSSR count). The third kappa shape index (κ3) is 4.11. The van der Waals surface area contributed by atoms with Crippen LogP contribution in [-0.4, -0.2) is 27.0 Å². The molecule has 2 heterocycles. The van der Waals surface area contributed by atoms with Crippen LogP contribution in [0.4, 0.5) is 5.69 Å². The molecule has 0 atom stereocenters. The molecular weight excluding hydrogens is 322 g/mol. The summed E-state index contributed by atoms with van der Waals surface area (Å²) in [6.45, 7) is 3.89. The van der Waals surface area contributed by atoms with Gasteiger partial charge in [-0.05, 0) is 49.2 Å². The minimum Gasteiger partial charge on any atom is -0.461 e. The van der Waals surface area contributed by atoms with Crippen LogP contribution in [-0.2, 0) is 16.1 Å². The highest BCUT2D eigenvalue weighted by Gasteiger charge is 2.15. The van der Waals surface area contributed by atoms with Gasteiger partial charge in [0.05, 0.1) is 12.8 Å². The SMILES string of the molecule is Cc1cc(C)cc(NC(=O)C(=O)NCc2nc(-c3ccco3)n[nH]2)c1. The molecule has 128 valence electrons. The first-order chi connectivity index (χ1) is 12.0. The summed E-state index contributed by atoms with van der Waals surface area (Å²) < 4.78 is 5.19. The molecule has 25 heavy (non-hydrogen) atoms. The van der Waals surface area contributed by atoms with Gasteiger partial charge in [0.1, 0.15) is 5.82 Å². The molecule has 0 aliphatic heterocycles. The maximum Gasteiger partial charge on any atom is 0.313 e. The number of amides is 2. The van der Waals surface area contributed by atoms with Gasteiger partial charge in [0.2, 0.25) is 5.82 Å². The second-order valence-electron chi connectivity index (χ2n) is 5.60. The largest absolute Gasteiger partial charge is 0.461 e. The van der Waals surface area contributed by atoms with Gasteiger partial charge in [0.15, 0.2) is 5.76 Å². The number of anilines is 1. The zero-order valence-electron chi connectivity index (χ0n) is 13.8. The molecule has 2 aromatic heterocycles. The lowest BCUT2D eigenvalue weighted by atomic mass is 10.1. The minimum absolute atomic E-state index is 0.0484. The number of benzene rings is 1. The van der Waals surface area contributed by atoms with Crippen molar-refractivity contribution in [3.05, 3.63) is 53.5 Å². The summed E-state index contributed by atoms with van der Waals surface area (Å²) >= 11 is 0. The Balaban J connectivity index is 1.56. The van der Waals surface area contributed by atoms with Crippen molar-refractivity contribution in [2.75, 3.05) is 5.32 Å². The smallest absolute Gasteiger partial charge is 0.313 e. The fourth-order valence-corrected chi connectivity index (χ4v) is 2.37. The van der Waals surface area contributed by atoms with Crippen LogP contribution in [0.25, 0.3) is 11.6 Å². The lowest BCUT2D eigenvalue weighted by Gasteiger charge is -2.07. The van der Waals surface area contributed by atoms with E-state index in [-0.39, 0.29) is 6.54 Å². The molecule has 0 unspecified atom stereocenters. The van der Waals surface area contributed by atoms with Crippen molar-refractivity contribution in [3.8, 4) is 11.6 Å². The van der Waals surface area contributed by atoms with Crippen LogP contribution in [0.1, 0.15) is 17.0 Å². The minimum atomic E-state index is -0.755. The lowest BCUT2D eigenvalue weighted by Crippen LogP contribution is -2.35. The Morgan fingerprint density at radius 1 is 1.16 bits per heavy atom. The molecule has 3 N–H and O–H groups in total. The quantitative estimate of drug-likeness (QED) is 0.629. The molecule has 0 aliphatic carbocycles. The number of H-pyrrole nitrogens is 1. The Morgan fingerprint density at radius 2 is 1.92 bits per heavy atom. The molecule has 2 amide bonds. The molecule has 1 aromatic carbocycles. The topological polar surface area (TPSA) is 113 Å². The number of carbonyl (C=O) groups is 2. The van der Waals surface area contributed by atoms with Crippen LogP contribution < -0.4 is 10.6 Å². The van der Waals surface area contributed by atoms with Crippen molar-refractivity contribution in [2.45, 2.75) is 20.4 Å². The van der Waals surface area contributed by atoms with Gasteiger partial charge in [0.25, 0.3) is 0 Å². The van der Waals surface area contributed by atoms with Gasteiger partial charge in [-0.3, -0.25) is 14.7 Å². The third-order valence-corrected chi connectivity index (χ3v) is 3.38. The zero-order chi connectivity index (χ0) is 17.8. The molecule has 0 saturated heterocycles. The van der Waals surface area contributed by atoms with Crippen LogP contribution >= 0.6 is 0 Å². The number of nitrogens with zero attached hydrogens (tertiary/aromatic N) is 2. The van der Waals surface area contributed by atoms with E-state index in [9.17, 15) is 9.59 Å². The number of furan rings is 1. The summed E-state index contributed by atoms with van der Waals surface area (Å²) in [6, 6.07) is 9.03. The van der Waals surface area contributed by atoms with E-state index >= 15 is 0 Å². The number of carbonyl (C=O) groups excluding carboxylic acids is 2. The number of aryl methyl sites for hydroxylation is 2. The number of hydrogen-bond donors (Lipinski definition) is 3. The Kier molecular flexibility index (Phi) is 4.60. The average molecular weight is 339 g/mol. The maximum absolute atomic E-state index is 12.0. The van der Waals surface area contributed by atoms with Crippen LogP contribution in [0.2, 0.25) is 0 Å². The molecule has 0 aliphatic rings. The predicted molar refractivity (Wildman–Crippen MR) is 90.5 cm³/mol. The van der Waals surface area contributed by atoms with E-state index < -0.39 is 11.8 Å². The third-order valence-electron chi connectivity index (χ3n) is 3.38. The fourth-order valence-electron chi connectivity index (χ4n) is 2.37. The van der Waals surface area contributed by atoms with Gasteiger partial charge in [-0.1, -0.05) is 6.07 Å². The summed E-state index contributed by atoms with van der Waals surface area (Å²) in [6.07, 6.45) is 1.52. The van der Waals surface area contributed by atoms with E-state index in [0.717, 1.165) is 11.1 Å². The monoisotopic (exact) mass is 339 g/mol. The number of rotatable bonds is 4. The van der Waals surface area contributed by atoms with Crippen molar-refractivity contribution < 1.29 is 14.0 Å². The van der Waals surface area contributed by atoms with E-state index in [1.54, 1.807) is 24.3 Å². The van der Waals surface area contributed by atoms with Crippen molar-refractivity contribution in [1.29, 1.82) is 0 Å². The molecule has 0 saturated carbocycles. The van der Waals surface area contributed by atoms with Crippen molar-refractivity contribution >= 4 is 17.5 Å².